The Morgan fingerprint density at radius 2 is 2.21 bits per heavy atom. The molecule has 98 valence electrons. The lowest BCUT2D eigenvalue weighted by Crippen LogP contribution is -2.02. The van der Waals surface area contributed by atoms with E-state index in [1.54, 1.807) is 11.3 Å². The van der Waals surface area contributed by atoms with Gasteiger partial charge in [0, 0.05) is 14.7 Å². The first kappa shape index (κ1) is 13.4. The lowest BCUT2D eigenvalue weighted by molar-refractivity contribution is 0.789. The van der Waals surface area contributed by atoms with Crippen LogP contribution in [0.4, 0.5) is 0 Å². The van der Waals surface area contributed by atoms with Crippen molar-refractivity contribution >= 4 is 61.5 Å². The lowest BCUT2D eigenvalue weighted by atomic mass is 10.3. The summed E-state index contributed by atoms with van der Waals surface area (Å²) >= 11 is 17.4. The number of para-hydroxylation sites is 1. The first-order valence-electron chi connectivity index (χ1n) is 5.61. The number of hydrogen-bond donors (Lipinski definition) is 0. The molecule has 6 heteroatoms. The summed E-state index contributed by atoms with van der Waals surface area (Å²) in [6, 6.07) is 7.91. The molecule has 2 heterocycles. The number of aromatic nitrogens is 2. The third kappa shape index (κ3) is 2.55. The normalized spacial score (nSPS) is 11.3. The van der Waals surface area contributed by atoms with Gasteiger partial charge in [0.05, 0.1) is 23.0 Å². The van der Waals surface area contributed by atoms with E-state index in [1.165, 1.54) is 4.88 Å². The molecule has 0 aliphatic rings. The van der Waals surface area contributed by atoms with E-state index < -0.39 is 0 Å². The van der Waals surface area contributed by atoms with Gasteiger partial charge >= 0.3 is 0 Å². The number of rotatable bonds is 3. The van der Waals surface area contributed by atoms with Crippen LogP contribution in [0.2, 0.25) is 5.02 Å². The zero-order valence-corrected chi connectivity index (χ0v) is 13.7. The van der Waals surface area contributed by atoms with E-state index in [9.17, 15) is 0 Å². The molecule has 0 bridgehead atoms. The van der Waals surface area contributed by atoms with Gasteiger partial charge in [0.1, 0.15) is 11.3 Å². The molecule has 0 saturated carbocycles. The van der Waals surface area contributed by atoms with Crippen molar-refractivity contribution in [2.24, 2.45) is 0 Å². The zero-order chi connectivity index (χ0) is 13.4. The fourth-order valence-corrected chi connectivity index (χ4v) is 3.89. The van der Waals surface area contributed by atoms with Gasteiger partial charge in [-0.15, -0.1) is 22.9 Å². The molecule has 0 unspecified atom stereocenters. The molecular formula is C13H9BrCl2N2S. The van der Waals surface area contributed by atoms with E-state index in [2.05, 4.69) is 36.9 Å². The van der Waals surface area contributed by atoms with Gasteiger partial charge in [0.2, 0.25) is 0 Å². The molecule has 0 N–H and O–H groups in total. The second-order valence-corrected chi connectivity index (χ2v) is 6.67. The Kier molecular flexibility index (Phi) is 3.85. The number of halogens is 3. The predicted octanol–water partition coefficient (Wildman–Crippen LogP) is 5.30. The van der Waals surface area contributed by atoms with Gasteiger partial charge in [-0.05, 0) is 34.1 Å². The van der Waals surface area contributed by atoms with Crippen molar-refractivity contribution in [3.63, 3.8) is 0 Å². The largest absolute Gasteiger partial charge is 0.322 e. The second kappa shape index (κ2) is 5.44. The summed E-state index contributed by atoms with van der Waals surface area (Å²) in [5.41, 5.74) is 1.84. The quantitative estimate of drug-likeness (QED) is 0.568. The topological polar surface area (TPSA) is 17.8 Å². The highest BCUT2D eigenvalue weighted by Crippen LogP contribution is 2.27. The van der Waals surface area contributed by atoms with Crippen LogP contribution in [0, 0.1) is 0 Å². The fourth-order valence-electron chi connectivity index (χ4n) is 2.03. The van der Waals surface area contributed by atoms with Crippen molar-refractivity contribution in [3.05, 3.63) is 49.8 Å². The highest BCUT2D eigenvalue weighted by atomic mass is 79.9. The highest BCUT2D eigenvalue weighted by Gasteiger charge is 2.13. The molecule has 2 aromatic heterocycles. The van der Waals surface area contributed by atoms with E-state index >= 15 is 0 Å². The summed E-state index contributed by atoms with van der Waals surface area (Å²) in [5, 5.41) is 2.73. The van der Waals surface area contributed by atoms with Crippen LogP contribution in [0.15, 0.2) is 34.1 Å². The van der Waals surface area contributed by atoms with Gasteiger partial charge in [0.15, 0.2) is 0 Å². The summed E-state index contributed by atoms with van der Waals surface area (Å²) in [7, 11) is 0. The minimum absolute atomic E-state index is 0.373. The van der Waals surface area contributed by atoms with Crippen LogP contribution < -0.4 is 0 Å². The summed E-state index contributed by atoms with van der Waals surface area (Å²) in [5.74, 6) is 1.21. The molecule has 0 spiro atoms. The molecule has 0 amide bonds. The number of alkyl halides is 1. The van der Waals surface area contributed by atoms with Gasteiger partial charge in [-0.3, -0.25) is 0 Å². The number of hydrogen-bond acceptors (Lipinski definition) is 2. The maximum atomic E-state index is 6.18. The highest BCUT2D eigenvalue weighted by molar-refractivity contribution is 9.10. The van der Waals surface area contributed by atoms with E-state index in [4.69, 9.17) is 23.2 Å². The van der Waals surface area contributed by atoms with Crippen LogP contribution in [-0.2, 0) is 12.4 Å². The van der Waals surface area contributed by atoms with Crippen LogP contribution in [0.1, 0.15) is 10.7 Å². The molecule has 0 radical (unpaired) electrons. The van der Waals surface area contributed by atoms with Crippen molar-refractivity contribution < 1.29 is 0 Å². The summed E-state index contributed by atoms with van der Waals surface area (Å²) in [4.78, 5) is 5.77. The number of fused-ring (bicyclic) bond motifs is 1. The molecule has 0 aliphatic heterocycles. The third-order valence-electron chi connectivity index (χ3n) is 2.86. The Bertz CT molecular complexity index is 735. The first-order chi connectivity index (χ1) is 9.19. The van der Waals surface area contributed by atoms with Crippen LogP contribution in [0.5, 0.6) is 0 Å². The van der Waals surface area contributed by atoms with Crippen molar-refractivity contribution in [2.45, 2.75) is 12.4 Å². The first-order valence-corrected chi connectivity index (χ1v) is 8.20. The van der Waals surface area contributed by atoms with Gasteiger partial charge in [0.25, 0.3) is 0 Å². The predicted molar refractivity (Wildman–Crippen MR) is 85.4 cm³/mol. The second-order valence-electron chi connectivity index (χ2n) is 4.09. The third-order valence-corrected chi connectivity index (χ3v) is 5.09. The van der Waals surface area contributed by atoms with Gasteiger partial charge in [-0.25, -0.2) is 4.98 Å². The summed E-state index contributed by atoms with van der Waals surface area (Å²) < 4.78 is 3.22. The zero-order valence-electron chi connectivity index (χ0n) is 9.74. The molecule has 0 saturated heterocycles. The molecule has 1 aromatic carbocycles. The smallest absolute Gasteiger partial charge is 0.125 e. The molecule has 0 fully saturated rings. The maximum absolute atomic E-state index is 6.18. The summed E-state index contributed by atoms with van der Waals surface area (Å²) in [6.07, 6.45) is 0. The molecular weight excluding hydrogens is 367 g/mol. The SMILES string of the molecule is ClCc1nc2c(Cl)cccc2n1Cc1cc(Br)cs1. The van der Waals surface area contributed by atoms with Crippen LogP contribution in [0.3, 0.4) is 0 Å². The Balaban J connectivity index is 2.13. The standard InChI is InChI=1S/C13H9BrCl2N2S/c14-8-4-9(19-7-8)6-18-11-3-1-2-10(16)13(11)17-12(18)5-15/h1-4,7H,5-6H2. The Morgan fingerprint density at radius 1 is 1.37 bits per heavy atom. The van der Waals surface area contributed by atoms with Gasteiger partial charge in [-0.1, -0.05) is 17.7 Å². The number of benzene rings is 1. The molecule has 2 nitrogen and oxygen atoms in total. The van der Waals surface area contributed by atoms with Crippen molar-refractivity contribution in [1.29, 1.82) is 0 Å². The maximum Gasteiger partial charge on any atom is 0.125 e. The molecule has 3 aromatic rings. The number of nitrogens with zero attached hydrogens (tertiary/aromatic N) is 2. The monoisotopic (exact) mass is 374 g/mol. The Morgan fingerprint density at radius 3 is 2.89 bits per heavy atom. The van der Waals surface area contributed by atoms with E-state index in [0.29, 0.717) is 10.9 Å². The average Bonchev–Trinajstić information content (AvgIpc) is 2.96. The van der Waals surface area contributed by atoms with Gasteiger partial charge in [-0.2, -0.15) is 0 Å². The molecule has 0 aliphatic carbocycles. The minimum atomic E-state index is 0.373. The minimum Gasteiger partial charge on any atom is -0.322 e. The van der Waals surface area contributed by atoms with E-state index in [-0.39, 0.29) is 0 Å². The average molecular weight is 376 g/mol. The van der Waals surface area contributed by atoms with Crippen LogP contribution >= 0.6 is 50.5 Å². The Labute approximate surface area is 133 Å². The van der Waals surface area contributed by atoms with E-state index in [0.717, 1.165) is 27.9 Å². The van der Waals surface area contributed by atoms with Gasteiger partial charge < -0.3 is 4.57 Å². The Hall–Kier alpha value is -0.550. The van der Waals surface area contributed by atoms with E-state index in [1.807, 2.05) is 18.2 Å². The van der Waals surface area contributed by atoms with Crippen molar-refractivity contribution in [3.8, 4) is 0 Å². The molecule has 3 rings (SSSR count). The van der Waals surface area contributed by atoms with Crippen molar-refractivity contribution in [1.82, 2.24) is 9.55 Å². The van der Waals surface area contributed by atoms with Crippen molar-refractivity contribution in [2.75, 3.05) is 0 Å². The van der Waals surface area contributed by atoms with Crippen LogP contribution in [-0.4, -0.2) is 9.55 Å². The molecule has 19 heavy (non-hydrogen) atoms. The number of thiophene rings is 1. The fraction of sp³-hybridized carbons (Fsp3) is 0.154. The lowest BCUT2D eigenvalue weighted by Gasteiger charge is -2.05. The number of imidazole rings is 1. The molecule has 0 atom stereocenters. The van der Waals surface area contributed by atoms with Crippen LogP contribution in [0.25, 0.3) is 11.0 Å². The summed E-state index contributed by atoms with van der Waals surface area (Å²) in [6.45, 7) is 0.759.